The van der Waals surface area contributed by atoms with E-state index >= 15 is 0 Å². The minimum atomic E-state index is -2.22. The van der Waals surface area contributed by atoms with Gasteiger partial charge in [-0.3, -0.25) is 0 Å². The first-order valence-electron chi connectivity index (χ1n) is 2.75. The van der Waals surface area contributed by atoms with Crippen LogP contribution in [0.1, 0.15) is 12.8 Å². The quantitative estimate of drug-likeness (QED) is 0.490. The van der Waals surface area contributed by atoms with Gasteiger partial charge in [0.25, 0.3) is 6.43 Å². The summed E-state index contributed by atoms with van der Waals surface area (Å²) in [5.41, 5.74) is 0. The first-order chi connectivity index (χ1) is 3.80. The Hall–Kier alpha value is -0.180. The molecule has 1 nitrogen and oxygen atoms in total. The minimum absolute atomic E-state index is 0.581. The van der Waals surface area contributed by atoms with Gasteiger partial charge in [-0.2, -0.15) is 0 Å². The predicted molar refractivity (Wildman–Crippen MR) is 26.0 cm³/mol. The zero-order valence-electron chi connectivity index (χ0n) is 4.48. The summed E-state index contributed by atoms with van der Waals surface area (Å²) < 4.78 is 23.3. The largest absolute Gasteiger partial charge is 0.255 e. The van der Waals surface area contributed by atoms with Crippen LogP contribution in [0.15, 0.2) is 0 Å². The van der Waals surface area contributed by atoms with Crippen molar-refractivity contribution >= 4 is 0 Å². The molecule has 3 heteroatoms. The van der Waals surface area contributed by atoms with E-state index in [1.165, 1.54) is 0 Å². The molecule has 0 spiro atoms. The second kappa shape index (κ2) is 2.40. The van der Waals surface area contributed by atoms with Crippen LogP contribution >= 0.6 is 0 Å². The lowest BCUT2D eigenvalue weighted by atomic mass is 10.2. The molecule has 1 rings (SSSR count). The van der Waals surface area contributed by atoms with Gasteiger partial charge in [0.05, 0.1) is 6.04 Å². The number of rotatable bonds is 1. The number of hydrogen-bond acceptors (Lipinski definition) is 0. The van der Waals surface area contributed by atoms with Gasteiger partial charge in [0.15, 0.2) is 0 Å². The molecule has 1 aliphatic rings. The van der Waals surface area contributed by atoms with Crippen LogP contribution in [0, 0.1) is 0 Å². The Balaban J connectivity index is 2.24. The summed E-state index contributed by atoms with van der Waals surface area (Å²) in [6, 6.07) is -0.644. The van der Waals surface area contributed by atoms with E-state index in [-0.39, 0.29) is 0 Å². The molecule has 0 N–H and O–H groups in total. The van der Waals surface area contributed by atoms with Crippen molar-refractivity contribution in [3.05, 3.63) is 0 Å². The number of alkyl halides is 2. The number of halogens is 2. The Kier molecular flexibility index (Phi) is 1.78. The summed E-state index contributed by atoms with van der Waals surface area (Å²) >= 11 is 0. The fraction of sp³-hybridized carbons (Fsp3) is 1.00. The highest BCUT2D eigenvalue weighted by Crippen LogP contribution is 2.13. The summed E-state index contributed by atoms with van der Waals surface area (Å²) in [7, 11) is 0. The van der Waals surface area contributed by atoms with E-state index in [1.807, 2.05) is 0 Å². The fourth-order valence-corrected chi connectivity index (χ4v) is 0.854. The molecule has 1 radical (unpaired) electrons. The zero-order valence-corrected chi connectivity index (χ0v) is 4.48. The third-order valence-corrected chi connectivity index (χ3v) is 1.31. The highest BCUT2D eigenvalue weighted by atomic mass is 19.3. The Morgan fingerprint density at radius 2 is 2.25 bits per heavy atom. The van der Waals surface area contributed by atoms with E-state index in [0.29, 0.717) is 13.0 Å². The second-order valence-corrected chi connectivity index (χ2v) is 1.95. The van der Waals surface area contributed by atoms with Crippen molar-refractivity contribution in [2.75, 3.05) is 6.54 Å². The molecular weight excluding hydrogens is 112 g/mol. The van der Waals surface area contributed by atoms with E-state index in [1.54, 1.807) is 0 Å². The lowest BCUT2D eigenvalue weighted by Gasteiger charge is -2.03. The van der Waals surface area contributed by atoms with Gasteiger partial charge < -0.3 is 0 Å². The molecule has 0 bridgehead atoms. The Bertz CT molecular complexity index is 68.8. The molecule has 47 valence electrons. The smallest absolute Gasteiger partial charge is 0.233 e. The molecule has 0 amide bonds. The third-order valence-electron chi connectivity index (χ3n) is 1.31. The monoisotopic (exact) mass is 120 g/mol. The molecule has 0 aromatic rings. The van der Waals surface area contributed by atoms with E-state index in [9.17, 15) is 8.78 Å². The summed E-state index contributed by atoms with van der Waals surface area (Å²) in [5.74, 6) is 0. The van der Waals surface area contributed by atoms with Crippen LogP contribution in [0.2, 0.25) is 0 Å². The maximum Gasteiger partial charge on any atom is 0.255 e. The molecule has 0 saturated carbocycles. The molecule has 8 heavy (non-hydrogen) atoms. The highest BCUT2D eigenvalue weighted by molar-refractivity contribution is 4.74. The Labute approximate surface area is 47.1 Å². The topological polar surface area (TPSA) is 14.1 Å². The van der Waals surface area contributed by atoms with Gasteiger partial charge in [-0.05, 0) is 12.8 Å². The Morgan fingerprint density at radius 3 is 2.50 bits per heavy atom. The van der Waals surface area contributed by atoms with Gasteiger partial charge in [-0.15, -0.1) is 0 Å². The average molecular weight is 120 g/mol. The van der Waals surface area contributed by atoms with Crippen LogP contribution in [0.5, 0.6) is 0 Å². The van der Waals surface area contributed by atoms with Gasteiger partial charge >= 0.3 is 0 Å². The summed E-state index contributed by atoms with van der Waals surface area (Å²) in [5, 5.41) is 3.69. The highest BCUT2D eigenvalue weighted by Gasteiger charge is 2.24. The molecule has 1 aliphatic heterocycles. The summed E-state index contributed by atoms with van der Waals surface area (Å²) in [4.78, 5) is 0. The zero-order chi connectivity index (χ0) is 5.98. The van der Waals surface area contributed by atoms with Crippen molar-refractivity contribution in [2.24, 2.45) is 0 Å². The van der Waals surface area contributed by atoms with Crippen molar-refractivity contribution in [2.45, 2.75) is 25.3 Å². The van der Waals surface area contributed by atoms with E-state index in [2.05, 4.69) is 5.32 Å². The Morgan fingerprint density at radius 1 is 1.50 bits per heavy atom. The van der Waals surface area contributed by atoms with Crippen LogP contribution in [0.25, 0.3) is 0 Å². The molecule has 1 fully saturated rings. The van der Waals surface area contributed by atoms with Crippen LogP contribution in [-0.4, -0.2) is 19.0 Å². The second-order valence-electron chi connectivity index (χ2n) is 1.95. The molecule has 0 unspecified atom stereocenters. The first kappa shape index (κ1) is 5.95. The van der Waals surface area contributed by atoms with Gasteiger partial charge in [-0.25, -0.2) is 14.1 Å². The van der Waals surface area contributed by atoms with Crippen molar-refractivity contribution in [3.8, 4) is 0 Å². The van der Waals surface area contributed by atoms with Gasteiger partial charge in [0.1, 0.15) is 0 Å². The van der Waals surface area contributed by atoms with Gasteiger partial charge in [0.2, 0.25) is 0 Å². The first-order valence-corrected chi connectivity index (χ1v) is 2.75. The van der Waals surface area contributed by atoms with E-state index in [0.717, 1.165) is 6.42 Å². The summed E-state index contributed by atoms with van der Waals surface area (Å²) in [6.45, 7) is 0.634. The van der Waals surface area contributed by atoms with Crippen LogP contribution < -0.4 is 5.32 Å². The SMILES string of the molecule is FC(F)[C@H]1CCC[N]1. The molecule has 1 atom stereocenters. The van der Waals surface area contributed by atoms with E-state index < -0.39 is 12.5 Å². The maximum absolute atomic E-state index is 11.6. The van der Waals surface area contributed by atoms with Crippen molar-refractivity contribution in [1.29, 1.82) is 0 Å². The van der Waals surface area contributed by atoms with Gasteiger partial charge in [0, 0.05) is 6.54 Å². The minimum Gasteiger partial charge on any atom is -0.233 e. The van der Waals surface area contributed by atoms with Gasteiger partial charge in [-0.1, -0.05) is 0 Å². The lowest BCUT2D eigenvalue weighted by Crippen LogP contribution is -2.22. The van der Waals surface area contributed by atoms with E-state index in [4.69, 9.17) is 0 Å². The molecule has 0 aromatic carbocycles. The fourth-order valence-electron chi connectivity index (χ4n) is 0.854. The van der Waals surface area contributed by atoms with Crippen molar-refractivity contribution in [1.82, 2.24) is 5.32 Å². The molecule has 1 heterocycles. The van der Waals surface area contributed by atoms with Crippen LogP contribution in [0.3, 0.4) is 0 Å². The van der Waals surface area contributed by atoms with Crippen LogP contribution in [0.4, 0.5) is 8.78 Å². The predicted octanol–water partition coefficient (Wildman–Crippen LogP) is 1.02. The van der Waals surface area contributed by atoms with Crippen molar-refractivity contribution in [3.63, 3.8) is 0 Å². The summed E-state index contributed by atoms with van der Waals surface area (Å²) in [6.07, 6.45) is -0.801. The average Bonchev–Trinajstić information content (AvgIpc) is 2.12. The standard InChI is InChI=1S/C5H8F2N/c6-5(7)4-2-1-3-8-4/h4-5H,1-3H2/t4-/m1/s1. The number of nitrogens with zero attached hydrogens (tertiary/aromatic N) is 1. The lowest BCUT2D eigenvalue weighted by molar-refractivity contribution is 0.106. The maximum atomic E-state index is 11.6. The molecule has 0 aromatic heterocycles. The molecule has 1 saturated heterocycles. The molecule has 0 aliphatic carbocycles. The normalized spacial score (nSPS) is 29.6. The third kappa shape index (κ3) is 1.15. The molecular formula is C5H8F2N. The van der Waals surface area contributed by atoms with Crippen LogP contribution in [-0.2, 0) is 0 Å². The van der Waals surface area contributed by atoms with Crippen molar-refractivity contribution < 1.29 is 8.78 Å². The number of hydrogen-bond donors (Lipinski definition) is 0.